The second-order valence-electron chi connectivity index (χ2n) is 6.76. The van der Waals surface area contributed by atoms with E-state index in [9.17, 15) is 0 Å². The van der Waals surface area contributed by atoms with Crippen LogP contribution in [0.4, 0.5) is 11.4 Å². The lowest BCUT2D eigenvalue weighted by Crippen LogP contribution is -2.34. The van der Waals surface area contributed by atoms with Crippen LogP contribution in [0.15, 0.2) is 53.5 Å². The van der Waals surface area contributed by atoms with Gasteiger partial charge >= 0.3 is 0 Å². The number of halogens is 1. The molecular weight excluding hydrogens is 362 g/mol. The van der Waals surface area contributed by atoms with Crippen molar-refractivity contribution in [2.75, 3.05) is 11.4 Å². The van der Waals surface area contributed by atoms with Gasteiger partial charge in [0.1, 0.15) is 6.34 Å². The molecule has 0 radical (unpaired) electrons. The third-order valence-electron chi connectivity index (χ3n) is 4.65. The molecule has 3 rings (SSSR count). The molecule has 0 amide bonds. The average molecular weight is 388 g/mol. The zero-order valence-electron chi connectivity index (χ0n) is 15.4. The highest BCUT2D eigenvalue weighted by Gasteiger charge is 2.23. The van der Waals surface area contributed by atoms with Gasteiger partial charge in [0.15, 0.2) is 0 Å². The maximum Gasteiger partial charge on any atom is 0.102 e. The van der Waals surface area contributed by atoms with Gasteiger partial charge in [-0.15, -0.1) is 0 Å². The SMILES string of the molecule is Cc1cc(Cl)ccc1/N=C/N(C)SN(c1ccccc1)C1CCCCC1. The molecule has 138 valence electrons. The van der Waals surface area contributed by atoms with Gasteiger partial charge in [0.05, 0.1) is 17.8 Å². The van der Waals surface area contributed by atoms with Gasteiger partial charge in [-0.05, 0) is 55.7 Å². The molecule has 2 aromatic carbocycles. The van der Waals surface area contributed by atoms with E-state index in [1.807, 2.05) is 31.5 Å². The van der Waals surface area contributed by atoms with Crippen LogP contribution >= 0.6 is 23.7 Å². The Bertz CT molecular complexity index is 729. The highest BCUT2D eigenvalue weighted by atomic mass is 35.5. The summed E-state index contributed by atoms with van der Waals surface area (Å²) in [4.78, 5) is 4.63. The van der Waals surface area contributed by atoms with E-state index in [1.54, 1.807) is 12.1 Å². The van der Waals surface area contributed by atoms with E-state index >= 15 is 0 Å². The molecule has 0 unspecified atom stereocenters. The summed E-state index contributed by atoms with van der Waals surface area (Å²) in [6.07, 6.45) is 8.38. The van der Waals surface area contributed by atoms with Crippen molar-refractivity contribution in [1.29, 1.82) is 0 Å². The highest BCUT2D eigenvalue weighted by molar-refractivity contribution is 7.98. The Hall–Kier alpha value is -1.65. The summed E-state index contributed by atoms with van der Waals surface area (Å²) in [6.45, 7) is 2.03. The Morgan fingerprint density at radius 3 is 2.50 bits per heavy atom. The lowest BCUT2D eigenvalue weighted by atomic mass is 9.95. The molecule has 0 bridgehead atoms. The van der Waals surface area contributed by atoms with E-state index in [1.165, 1.54) is 37.8 Å². The second-order valence-corrected chi connectivity index (χ2v) is 8.33. The van der Waals surface area contributed by atoms with Crippen molar-refractivity contribution in [2.24, 2.45) is 4.99 Å². The average Bonchev–Trinajstić information content (AvgIpc) is 2.67. The molecule has 26 heavy (non-hydrogen) atoms. The van der Waals surface area contributed by atoms with Gasteiger partial charge in [-0.3, -0.25) is 8.61 Å². The minimum atomic E-state index is 0.573. The van der Waals surface area contributed by atoms with E-state index < -0.39 is 0 Å². The predicted octanol–water partition coefficient (Wildman–Crippen LogP) is 6.64. The summed E-state index contributed by atoms with van der Waals surface area (Å²) >= 11 is 7.75. The van der Waals surface area contributed by atoms with E-state index in [-0.39, 0.29) is 0 Å². The number of anilines is 1. The van der Waals surface area contributed by atoms with Crippen LogP contribution < -0.4 is 4.31 Å². The molecule has 0 aliphatic heterocycles. The molecule has 1 fully saturated rings. The quantitative estimate of drug-likeness (QED) is 0.314. The summed E-state index contributed by atoms with van der Waals surface area (Å²) < 4.78 is 4.52. The number of rotatable bonds is 6. The number of hydrogen-bond acceptors (Lipinski definition) is 3. The van der Waals surface area contributed by atoms with Crippen molar-refractivity contribution in [1.82, 2.24) is 4.31 Å². The maximum absolute atomic E-state index is 6.03. The molecule has 1 saturated carbocycles. The zero-order chi connectivity index (χ0) is 18.4. The van der Waals surface area contributed by atoms with Crippen LogP contribution in [0.5, 0.6) is 0 Å². The van der Waals surface area contributed by atoms with Crippen LogP contribution in [0.2, 0.25) is 5.02 Å². The smallest absolute Gasteiger partial charge is 0.102 e. The van der Waals surface area contributed by atoms with E-state index in [2.05, 4.69) is 51.0 Å². The largest absolute Gasteiger partial charge is 0.296 e. The van der Waals surface area contributed by atoms with Gasteiger partial charge in [-0.1, -0.05) is 49.1 Å². The van der Waals surface area contributed by atoms with Crippen molar-refractivity contribution in [2.45, 2.75) is 45.1 Å². The van der Waals surface area contributed by atoms with Gasteiger partial charge in [0, 0.05) is 23.8 Å². The number of aliphatic imine (C=N–C) groups is 1. The Labute approximate surface area is 166 Å². The van der Waals surface area contributed by atoms with Crippen molar-refractivity contribution in [3.63, 3.8) is 0 Å². The third-order valence-corrected chi connectivity index (χ3v) is 5.92. The van der Waals surface area contributed by atoms with Crippen molar-refractivity contribution in [3.05, 3.63) is 59.1 Å². The fraction of sp³-hybridized carbons (Fsp3) is 0.381. The lowest BCUT2D eigenvalue weighted by molar-refractivity contribution is 0.445. The topological polar surface area (TPSA) is 18.8 Å². The summed E-state index contributed by atoms with van der Waals surface area (Å²) in [6, 6.07) is 17.0. The van der Waals surface area contributed by atoms with E-state index in [0.717, 1.165) is 16.3 Å². The fourth-order valence-electron chi connectivity index (χ4n) is 3.28. The second kappa shape index (κ2) is 9.33. The number of nitrogens with zero attached hydrogens (tertiary/aromatic N) is 3. The lowest BCUT2D eigenvalue weighted by Gasteiger charge is -2.36. The molecule has 2 aromatic rings. The van der Waals surface area contributed by atoms with Crippen LogP contribution in [0.25, 0.3) is 0 Å². The van der Waals surface area contributed by atoms with Gasteiger partial charge in [-0.2, -0.15) is 0 Å². The van der Waals surface area contributed by atoms with Gasteiger partial charge in [0.2, 0.25) is 0 Å². The summed E-state index contributed by atoms with van der Waals surface area (Å²) in [7, 11) is 2.05. The van der Waals surface area contributed by atoms with Crippen LogP contribution in [0.1, 0.15) is 37.7 Å². The molecule has 1 aliphatic carbocycles. The molecule has 0 N–H and O–H groups in total. The fourth-order valence-corrected chi connectivity index (χ4v) is 4.44. The van der Waals surface area contributed by atoms with E-state index in [0.29, 0.717) is 6.04 Å². The van der Waals surface area contributed by atoms with Crippen molar-refractivity contribution < 1.29 is 0 Å². The summed E-state index contributed by atoms with van der Waals surface area (Å²) in [5, 5.41) is 0.747. The minimum Gasteiger partial charge on any atom is -0.296 e. The molecule has 3 nitrogen and oxygen atoms in total. The number of aryl methyl sites for hydroxylation is 1. The van der Waals surface area contributed by atoms with Crippen LogP contribution in [-0.2, 0) is 0 Å². The molecular formula is C21H26ClN3S. The molecule has 0 aromatic heterocycles. The first-order chi connectivity index (χ1) is 12.6. The van der Waals surface area contributed by atoms with Crippen LogP contribution in [0, 0.1) is 6.92 Å². The monoisotopic (exact) mass is 387 g/mol. The van der Waals surface area contributed by atoms with Gasteiger partial charge in [-0.25, -0.2) is 4.99 Å². The molecule has 0 saturated heterocycles. The molecule has 0 spiro atoms. The normalized spacial score (nSPS) is 15.3. The highest BCUT2D eigenvalue weighted by Crippen LogP contribution is 2.33. The summed E-state index contributed by atoms with van der Waals surface area (Å²) in [5.41, 5.74) is 3.29. The number of benzene rings is 2. The predicted molar refractivity (Wildman–Crippen MR) is 115 cm³/mol. The van der Waals surface area contributed by atoms with Crippen molar-refractivity contribution in [3.8, 4) is 0 Å². The Morgan fingerprint density at radius 1 is 1.08 bits per heavy atom. The first kappa shape index (κ1) is 19.1. The van der Waals surface area contributed by atoms with Gasteiger partial charge in [0.25, 0.3) is 0 Å². The Morgan fingerprint density at radius 2 is 1.81 bits per heavy atom. The zero-order valence-corrected chi connectivity index (χ0v) is 17.0. The van der Waals surface area contributed by atoms with Crippen LogP contribution in [0.3, 0.4) is 0 Å². The minimum absolute atomic E-state index is 0.573. The molecule has 1 aliphatic rings. The first-order valence-electron chi connectivity index (χ1n) is 9.19. The maximum atomic E-state index is 6.03. The number of para-hydroxylation sites is 1. The molecule has 5 heteroatoms. The third kappa shape index (κ3) is 5.18. The Kier molecular flexibility index (Phi) is 6.86. The van der Waals surface area contributed by atoms with Crippen LogP contribution in [-0.4, -0.2) is 23.7 Å². The summed E-state index contributed by atoms with van der Waals surface area (Å²) in [5.74, 6) is 0. The molecule has 0 atom stereocenters. The first-order valence-corrected chi connectivity index (χ1v) is 10.3. The number of hydrogen-bond donors (Lipinski definition) is 0. The standard InChI is InChI=1S/C21H26ClN3S/c1-17-15-18(22)13-14-21(17)23-16-24(2)26-25(19-9-5-3-6-10-19)20-11-7-4-8-12-20/h3,5-6,9-10,13-16,20H,4,7-8,11-12H2,1-2H3/b23-16+. The van der Waals surface area contributed by atoms with E-state index in [4.69, 9.17) is 11.6 Å². The molecule has 0 heterocycles. The Balaban J connectivity index is 1.72. The van der Waals surface area contributed by atoms with Crippen molar-refractivity contribution >= 4 is 41.4 Å². The van der Waals surface area contributed by atoms with Gasteiger partial charge < -0.3 is 0 Å².